The van der Waals surface area contributed by atoms with Crippen molar-refractivity contribution in [2.45, 2.75) is 52.3 Å². The Hall–Kier alpha value is -0.810. The van der Waals surface area contributed by atoms with Gasteiger partial charge < -0.3 is 20.5 Å². The van der Waals surface area contributed by atoms with Crippen LogP contribution in [0.15, 0.2) is 0 Å². The normalized spacial score (nSPS) is 13.8. The molecule has 5 heteroatoms. The van der Waals surface area contributed by atoms with Gasteiger partial charge in [-0.1, -0.05) is 0 Å². The van der Waals surface area contributed by atoms with E-state index in [0.717, 1.165) is 0 Å². The average molecular weight is 232 g/mol. The molecule has 0 aliphatic rings. The summed E-state index contributed by atoms with van der Waals surface area (Å²) in [4.78, 5) is 13.3. The molecule has 0 radical (unpaired) electrons. The van der Waals surface area contributed by atoms with Crippen LogP contribution in [0.3, 0.4) is 0 Å². The molecule has 0 bridgehead atoms. The van der Waals surface area contributed by atoms with Gasteiger partial charge >= 0.3 is 6.09 Å². The minimum atomic E-state index is -0.520. The lowest BCUT2D eigenvalue weighted by Gasteiger charge is -2.31. The Balaban J connectivity index is 4.48. The number of amides is 1. The summed E-state index contributed by atoms with van der Waals surface area (Å²) < 4.78 is 5.26. The van der Waals surface area contributed by atoms with Gasteiger partial charge in [-0.05, 0) is 34.6 Å². The molecule has 0 saturated heterocycles. The van der Waals surface area contributed by atoms with Gasteiger partial charge in [-0.3, -0.25) is 0 Å². The van der Waals surface area contributed by atoms with E-state index in [1.807, 2.05) is 34.6 Å². The maximum atomic E-state index is 11.8. The third-order valence-corrected chi connectivity index (χ3v) is 1.92. The van der Waals surface area contributed by atoms with Crippen LogP contribution in [0.2, 0.25) is 0 Å². The lowest BCUT2D eigenvalue weighted by atomic mass is 10.2. The maximum Gasteiger partial charge on any atom is 0.410 e. The summed E-state index contributed by atoms with van der Waals surface area (Å²) in [5.74, 6) is 0. The van der Waals surface area contributed by atoms with Crippen molar-refractivity contribution in [3.05, 3.63) is 0 Å². The highest BCUT2D eigenvalue weighted by Crippen LogP contribution is 2.12. The van der Waals surface area contributed by atoms with E-state index in [1.54, 1.807) is 0 Å². The van der Waals surface area contributed by atoms with Crippen LogP contribution in [0.5, 0.6) is 0 Å². The van der Waals surface area contributed by atoms with Gasteiger partial charge in [-0.15, -0.1) is 0 Å². The number of carbonyl (C=O) groups excluding carboxylic acids is 1. The van der Waals surface area contributed by atoms with Crippen molar-refractivity contribution in [1.82, 2.24) is 4.90 Å². The predicted molar refractivity (Wildman–Crippen MR) is 63.1 cm³/mol. The average Bonchev–Trinajstić information content (AvgIpc) is 2.09. The van der Waals surface area contributed by atoms with E-state index >= 15 is 0 Å². The first-order valence-electron chi connectivity index (χ1n) is 5.53. The SMILES string of the molecule is CC(C)N(C[C@H](N)CO)C(=O)OC(C)(C)C. The molecule has 0 fully saturated rings. The van der Waals surface area contributed by atoms with E-state index < -0.39 is 17.7 Å². The minimum Gasteiger partial charge on any atom is -0.444 e. The van der Waals surface area contributed by atoms with Gasteiger partial charge in [0, 0.05) is 18.6 Å². The second kappa shape index (κ2) is 6.06. The van der Waals surface area contributed by atoms with Crippen molar-refractivity contribution in [2.24, 2.45) is 5.73 Å². The molecule has 16 heavy (non-hydrogen) atoms. The summed E-state index contributed by atoms with van der Waals surface area (Å²) >= 11 is 0. The Morgan fingerprint density at radius 1 is 1.44 bits per heavy atom. The van der Waals surface area contributed by atoms with Crippen LogP contribution in [-0.2, 0) is 4.74 Å². The van der Waals surface area contributed by atoms with Crippen LogP contribution in [0.25, 0.3) is 0 Å². The van der Waals surface area contributed by atoms with Gasteiger partial charge in [0.15, 0.2) is 0 Å². The van der Waals surface area contributed by atoms with Crippen LogP contribution in [0.4, 0.5) is 4.79 Å². The molecule has 0 aliphatic carbocycles. The Bertz CT molecular complexity index is 224. The Kier molecular flexibility index (Phi) is 5.75. The quantitative estimate of drug-likeness (QED) is 0.756. The van der Waals surface area contributed by atoms with Crippen molar-refractivity contribution in [2.75, 3.05) is 13.2 Å². The summed E-state index contributed by atoms with van der Waals surface area (Å²) in [5.41, 5.74) is 5.09. The number of nitrogens with zero attached hydrogens (tertiary/aromatic N) is 1. The van der Waals surface area contributed by atoms with E-state index in [9.17, 15) is 4.79 Å². The summed E-state index contributed by atoms with van der Waals surface area (Å²) in [5, 5.41) is 8.88. The number of nitrogens with two attached hydrogens (primary N) is 1. The molecule has 96 valence electrons. The Morgan fingerprint density at radius 3 is 2.25 bits per heavy atom. The number of hydrogen-bond acceptors (Lipinski definition) is 4. The molecular weight excluding hydrogens is 208 g/mol. The molecule has 0 aromatic carbocycles. The summed E-state index contributed by atoms with van der Waals surface area (Å²) in [6, 6.07) is -0.442. The summed E-state index contributed by atoms with van der Waals surface area (Å²) in [7, 11) is 0. The second-order valence-corrected chi connectivity index (χ2v) is 5.17. The molecule has 0 aromatic heterocycles. The van der Waals surface area contributed by atoms with Gasteiger partial charge in [0.25, 0.3) is 0 Å². The molecule has 0 unspecified atom stereocenters. The summed E-state index contributed by atoms with van der Waals surface area (Å²) in [6.07, 6.45) is -0.397. The highest BCUT2D eigenvalue weighted by Gasteiger charge is 2.25. The first-order valence-corrected chi connectivity index (χ1v) is 5.53. The molecule has 0 saturated carbocycles. The van der Waals surface area contributed by atoms with Gasteiger partial charge in [0.2, 0.25) is 0 Å². The van der Waals surface area contributed by atoms with Crippen LogP contribution in [0, 0.1) is 0 Å². The molecule has 0 aliphatic heterocycles. The molecule has 3 N–H and O–H groups in total. The molecular formula is C11H24N2O3. The van der Waals surface area contributed by atoms with Gasteiger partial charge in [0.1, 0.15) is 5.60 Å². The monoisotopic (exact) mass is 232 g/mol. The number of ether oxygens (including phenoxy) is 1. The molecule has 5 nitrogen and oxygen atoms in total. The number of hydrogen-bond donors (Lipinski definition) is 2. The zero-order valence-corrected chi connectivity index (χ0v) is 10.9. The molecule has 0 aromatic rings. The molecule has 0 heterocycles. The van der Waals surface area contributed by atoms with Crippen molar-refractivity contribution >= 4 is 6.09 Å². The fourth-order valence-electron chi connectivity index (χ4n) is 1.13. The molecule has 0 rings (SSSR count). The third kappa shape index (κ3) is 5.92. The maximum absolute atomic E-state index is 11.8. The van der Waals surface area contributed by atoms with Crippen LogP contribution < -0.4 is 5.73 Å². The van der Waals surface area contributed by atoms with E-state index in [2.05, 4.69) is 0 Å². The van der Waals surface area contributed by atoms with Crippen molar-refractivity contribution in [3.8, 4) is 0 Å². The van der Waals surface area contributed by atoms with E-state index in [1.165, 1.54) is 4.90 Å². The van der Waals surface area contributed by atoms with Crippen molar-refractivity contribution < 1.29 is 14.6 Å². The van der Waals surface area contributed by atoms with E-state index in [-0.39, 0.29) is 12.6 Å². The number of rotatable bonds is 4. The number of aliphatic hydroxyl groups is 1. The van der Waals surface area contributed by atoms with Crippen LogP contribution in [-0.4, -0.2) is 46.9 Å². The Morgan fingerprint density at radius 2 is 1.94 bits per heavy atom. The summed E-state index contributed by atoms with van der Waals surface area (Å²) in [6.45, 7) is 9.36. The lowest BCUT2D eigenvalue weighted by molar-refractivity contribution is 0.0166. The lowest BCUT2D eigenvalue weighted by Crippen LogP contribution is -2.48. The third-order valence-electron chi connectivity index (χ3n) is 1.92. The standard InChI is InChI=1S/C11H24N2O3/c1-8(2)13(6-9(12)7-14)10(15)16-11(3,4)5/h8-9,14H,6-7,12H2,1-5H3/t9-/m0/s1. The first kappa shape index (κ1) is 15.2. The zero-order valence-electron chi connectivity index (χ0n) is 10.9. The van der Waals surface area contributed by atoms with Gasteiger partial charge in [-0.25, -0.2) is 4.79 Å². The fourth-order valence-corrected chi connectivity index (χ4v) is 1.13. The predicted octanol–water partition coefficient (Wildman–Crippen LogP) is 0.952. The minimum absolute atomic E-state index is 0.00699. The largest absolute Gasteiger partial charge is 0.444 e. The van der Waals surface area contributed by atoms with Crippen LogP contribution >= 0.6 is 0 Å². The molecule has 0 spiro atoms. The van der Waals surface area contributed by atoms with E-state index in [4.69, 9.17) is 15.6 Å². The topological polar surface area (TPSA) is 75.8 Å². The smallest absolute Gasteiger partial charge is 0.410 e. The highest BCUT2D eigenvalue weighted by atomic mass is 16.6. The van der Waals surface area contributed by atoms with Crippen LogP contribution in [0.1, 0.15) is 34.6 Å². The van der Waals surface area contributed by atoms with Gasteiger partial charge in [0.05, 0.1) is 6.61 Å². The van der Waals surface area contributed by atoms with Crippen molar-refractivity contribution in [1.29, 1.82) is 0 Å². The highest BCUT2D eigenvalue weighted by molar-refractivity contribution is 5.68. The van der Waals surface area contributed by atoms with Gasteiger partial charge in [-0.2, -0.15) is 0 Å². The second-order valence-electron chi connectivity index (χ2n) is 5.17. The van der Waals surface area contributed by atoms with E-state index in [0.29, 0.717) is 6.54 Å². The first-order chi connectivity index (χ1) is 7.17. The number of aliphatic hydroxyl groups excluding tert-OH is 1. The Labute approximate surface area is 97.6 Å². The molecule has 1 amide bonds. The fraction of sp³-hybridized carbons (Fsp3) is 0.909. The number of carbonyl (C=O) groups is 1. The van der Waals surface area contributed by atoms with Crippen molar-refractivity contribution in [3.63, 3.8) is 0 Å². The zero-order chi connectivity index (χ0) is 12.9. The molecule has 1 atom stereocenters.